The smallest absolute Gasteiger partial charge is 0.0685 e. The van der Waals surface area contributed by atoms with Crippen LogP contribution in [0.2, 0.25) is 0 Å². The van der Waals surface area contributed by atoms with Gasteiger partial charge in [-0.2, -0.15) is 0 Å². The van der Waals surface area contributed by atoms with Gasteiger partial charge in [0.2, 0.25) is 0 Å². The Labute approximate surface area is 98.4 Å². The Kier molecular flexibility index (Phi) is 2.97. The summed E-state index contributed by atoms with van der Waals surface area (Å²) < 4.78 is 6.03. The van der Waals surface area contributed by atoms with E-state index in [0.717, 1.165) is 18.9 Å². The first kappa shape index (κ1) is 11.0. The third-order valence-corrected chi connectivity index (χ3v) is 4.85. The highest BCUT2D eigenvalue weighted by Crippen LogP contribution is 2.44. The molecule has 2 atom stereocenters. The zero-order valence-electron chi connectivity index (χ0n) is 10.2. The van der Waals surface area contributed by atoms with Crippen molar-refractivity contribution in [3.05, 3.63) is 0 Å². The quantitative estimate of drug-likeness (QED) is 0.798. The van der Waals surface area contributed by atoms with Crippen LogP contribution in [-0.4, -0.2) is 23.4 Å². The molecule has 92 valence electrons. The SMILES string of the molecule is OC(CC1CCOC2(CCCC2)C1)C1CC1. The van der Waals surface area contributed by atoms with E-state index in [1.54, 1.807) is 0 Å². The van der Waals surface area contributed by atoms with Gasteiger partial charge in [0.25, 0.3) is 0 Å². The summed E-state index contributed by atoms with van der Waals surface area (Å²) in [5.74, 6) is 1.37. The lowest BCUT2D eigenvalue weighted by Crippen LogP contribution is -2.38. The van der Waals surface area contributed by atoms with Crippen LogP contribution >= 0.6 is 0 Å². The van der Waals surface area contributed by atoms with Crippen LogP contribution in [0.3, 0.4) is 0 Å². The van der Waals surface area contributed by atoms with Gasteiger partial charge in [0.1, 0.15) is 0 Å². The average molecular weight is 224 g/mol. The van der Waals surface area contributed by atoms with Crippen LogP contribution in [0.4, 0.5) is 0 Å². The third-order valence-electron chi connectivity index (χ3n) is 4.85. The van der Waals surface area contributed by atoms with Gasteiger partial charge in [-0.25, -0.2) is 0 Å². The first-order valence-electron chi connectivity index (χ1n) is 7.09. The lowest BCUT2D eigenvalue weighted by Gasteiger charge is -2.39. The number of rotatable bonds is 3. The second kappa shape index (κ2) is 4.30. The van der Waals surface area contributed by atoms with Gasteiger partial charge in [-0.05, 0) is 56.8 Å². The molecule has 0 aromatic heterocycles. The average Bonchev–Trinajstić information content (AvgIpc) is 3.03. The Morgan fingerprint density at radius 2 is 1.94 bits per heavy atom. The monoisotopic (exact) mass is 224 g/mol. The lowest BCUT2D eigenvalue weighted by molar-refractivity contribution is -0.0986. The van der Waals surface area contributed by atoms with Crippen molar-refractivity contribution >= 4 is 0 Å². The highest BCUT2D eigenvalue weighted by Gasteiger charge is 2.41. The molecule has 1 saturated heterocycles. The van der Waals surface area contributed by atoms with Crippen LogP contribution in [0.5, 0.6) is 0 Å². The molecule has 2 unspecified atom stereocenters. The van der Waals surface area contributed by atoms with Gasteiger partial charge < -0.3 is 9.84 Å². The van der Waals surface area contributed by atoms with Crippen molar-refractivity contribution in [1.29, 1.82) is 0 Å². The van der Waals surface area contributed by atoms with Crippen LogP contribution in [0.1, 0.15) is 57.8 Å². The van der Waals surface area contributed by atoms with Crippen LogP contribution in [0.15, 0.2) is 0 Å². The van der Waals surface area contributed by atoms with E-state index in [1.807, 2.05) is 0 Å². The van der Waals surface area contributed by atoms with Gasteiger partial charge in [0.15, 0.2) is 0 Å². The Balaban J connectivity index is 1.54. The summed E-state index contributed by atoms with van der Waals surface area (Å²) in [7, 11) is 0. The number of hydrogen-bond donors (Lipinski definition) is 1. The fourth-order valence-corrected chi connectivity index (χ4v) is 3.71. The Morgan fingerprint density at radius 3 is 2.62 bits per heavy atom. The van der Waals surface area contributed by atoms with Gasteiger partial charge in [-0.3, -0.25) is 0 Å². The van der Waals surface area contributed by atoms with E-state index >= 15 is 0 Å². The highest BCUT2D eigenvalue weighted by atomic mass is 16.5. The molecule has 2 aliphatic carbocycles. The molecule has 0 aromatic rings. The standard InChI is InChI=1S/C14H24O2/c15-13(12-3-4-12)9-11-5-8-16-14(10-11)6-1-2-7-14/h11-13,15H,1-10H2. The van der Waals surface area contributed by atoms with Gasteiger partial charge in [-0.1, -0.05) is 12.8 Å². The molecule has 0 amide bonds. The van der Waals surface area contributed by atoms with Crippen LogP contribution in [-0.2, 0) is 4.74 Å². The first-order chi connectivity index (χ1) is 7.77. The number of ether oxygens (including phenoxy) is 1. The van der Waals surface area contributed by atoms with Crippen molar-refractivity contribution in [3.63, 3.8) is 0 Å². The number of hydrogen-bond acceptors (Lipinski definition) is 2. The molecule has 1 aliphatic heterocycles. The second-order valence-corrected chi connectivity index (χ2v) is 6.24. The van der Waals surface area contributed by atoms with E-state index in [1.165, 1.54) is 51.4 Å². The molecule has 3 rings (SSSR count). The van der Waals surface area contributed by atoms with E-state index < -0.39 is 0 Å². The van der Waals surface area contributed by atoms with E-state index in [2.05, 4.69) is 0 Å². The molecule has 1 spiro atoms. The maximum Gasteiger partial charge on any atom is 0.0685 e. The topological polar surface area (TPSA) is 29.5 Å². The van der Waals surface area contributed by atoms with E-state index in [9.17, 15) is 5.11 Å². The molecular formula is C14H24O2. The summed E-state index contributed by atoms with van der Waals surface area (Å²) >= 11 is 0. The second-order valence-electron chi connectivity index (χ2n) is 6.24. The largest absolute Gasteiger partial charge is 0.393 e. The molecule has 16 heavy (non-hydrogen) atoms. The van der Waals surface area contributed by atoms with Gasteiger partial charge in [-0.15, -0.1) is 0 Å². The molecule has 2 heteroatoms. The van der Waals surface area contributed by atoms with Crippen LogP contribution in [0.25, 0.3) is 0 Å². The molecule has 1 heterocycles. The maximum absolute atomic E-state index is 10.0. The van der Waals surface area contributed by atoms with E-state index in [4.69, 9.17) is 4.74 Å². The minimum absolute atomic E-state index is 0.0125. The summed E-state index contributed by atoms with van der Waals surface area (Å²) in [4.78, 5) is 0. The van der Waals surface area contributed by atoms with E-state index in [-0.39, 0.29) is 11.7 Å². The molecule has 3 aliphatic rings. The lowest BCUT2D eigenvalue weighted by atomic mass is 9.81. The summed E-state index contributed by atoms with van der Waals surface area (Å²) in [5.41, 5.74) is 0.228. The van der Waals surface area contributed by atoms with Crippen LogP contribution in [0, 0.1) is 11.8 Å². The molecule has 2 saturated carbocycles. The van der Waals surface area contributed by atoms with Crippen LogP contribution < -0.4 is 0 Å². The van der Waals surface area contributed by atoms with Gasteiger partial charge >= 0.3 is 0 Å². The summed E-state index contributed by atoms with van der Waals surface area (Å²) in [6.45, 7) is 0.933. The maximum atomic E-state index is 10.0. The van der Waals surface area contributed by atoms with Crippen molar-refractivity contribution in [1.82, 2.24) is 0 Å². The number of aliphatic hydroxyl groups excluding tert-OH is 1. The molecular weight excluding hydrogens is 200 g/mol. The number of aliphatic hydroxyl groups is 1. The normalized spacial score (nSPS) is 35.4. The Morgan fingerprint density at radius 1 is 1.19 bits per heavy atom. The van der Waals surface area contributed by atoms with Crippen molar-refractivity contribution < 1.29 is 9.84 Å². The third kappa shape index (κ3) is 2.28. The summed E-state index contributed by atoms with van der Waals surface area (Å²) in [6.07, 6.45) is 11.2. The molecule has 3 fully saturated rings. The zero-order chi connectivity index (χ0) is 11.0. The summed E-state index contributed by atoms with van der Waals surface area (Å²) in [6, 6.07) is 0. The predicted molar refractivity (Wildman–Crippen MR) is 63.2 cm³/mol. The van der Waals surface area contributed by atoms with Gasteiger partial charge in [0.05, 0.1) is 11.7 Å². The van der Waals surface area contributed by atoms with Crippen molar-refractivity contribution in [3.8, 4) is 0 Å². The summed E-state index contributed by atoms with van der Waals surface area (Å²) in [5, 5.41) is 10.0. The highest BCUT2D eigenvalue weighted by molar-refractivity contribution is 4.92. The van der Waals surface area contributed by atoms with Gasteiger partial charge in [0, 0.05) is 6.61 Å². The molecule has 0 bridgehead atoms. The zero-order valence-corrected chi connectivity index (χ0v) is 10.2. The fourth-order valence-electron chi connectivity index (χ4n) is 3.71. The minimum Gasteiger partial charge on any atom is -0.393 e. The first-order valence-corrected chi connectivity index (χ1v) is 7.09. The molecule has 0 aromatic carbocycles. The fraction of sp³-hybridized carbons (Fsp3) is 1.00. The Hall–Kier alpha value is -0.0800. The van der Waals surface area contributed by atoms with Crippen molar-refractivity contribution in [2.45, 2.75) is 69.5 Å². The minimum atomic E-state index is -0.0125. The van der Waals surface area contributed by atoms with E-state index in [0.29, 0.717) is 5.92 Å². The molecule has 0 radical (unpaired) electrons. The predicted octanol–water partition coefficient (Wildman–Crippen LogP) is 2.89. The Bertz CT molecular complexity index is 241. The van der Waals surface area contributed by atoms with Crippen molar-refractivity contribution in [2.24, 2.45) is 11.8 Å². The van der Waals surface area contributed by atoms with Crippen molar-refractivity contribution in [2.75, 3.05) is 6.61 Å². The molecule has 1 N–H and O–H groups in total. The molecule has 2 nitrogen and oxygen atoms in total.